The van der Waals surface area contributed by atoms with E-state index in [1.165, 1.54) is 13.0 Å². The van der Waals surface area contributed by atoms with Crippen LogP contribution in [0.25, 0.3) is 0 Å². The zero-order valence-corrected chi connectivity index (χ0v) is 16.7. The molecule has 2 heterocycles. The number of likely N-dealkylation sites (N-methyl/N-ethyl adjacent to an activating group) is 1. The smallest absolute Gasteiger partial charge is 0.334 e. The summed E-state index contributed by atoms with van der Waals surface area (Å²) in [6.07, 6.45) is 4.18. The second-order valence-corrected chi connectivity index (χ2v) is 7.40. The van der Waals surface area contributed by atoms with E-state index in [4.69, 9.17) is 14.2 Å². The van der Waals surface area contributed by atoms with Gasteiger partial charge in [0.25, 0.3) is 0 Å². The zero-order chi connectivity index (χ0) is 20.1. The highest BCUT2D eigenvalue weighted by Crippen LogP contribution is 2.37. The summed E-state index contributed by atoms with van der Waals surface area (Å²) in [5.74, 6) is -1.40. The quantitative estimate of drug-likeness (QED) is 0.397. The standard InChI is InChI=1S/C20H29NO6/c1-6-25-18(22)8-13(4)20(24)26-15-9-14-10-17(16(11-15)21(14)5)27-19(23)7-12(2)3/h7-8,14-17H,6,9-11H2,1-5H3/b13-8+. The molecule has 2 rings (SSSR count). The van der Waals surface area contributed by atoms with E-state index in [1.807, 2.05) is 20.9 Å². The fourth-order valence-corrected chi connectivity index (χ4v) is 3.68. The summed E-state index contributed by atoms with van der Waals surface area (Å²) in [6.45, 7) is 7.19. The number of carbonyl (C=O) groups excluding carboxylic acids is 3. The summed E-state index contributed by atoms with van der Waals surface area (Å²) >= 11 is 0. The first-order valence-electron chi connectivity index (χ1n) is 9.34. The van der Waals surface area contributed by atoms with E-state index in [0.29, 0.717) is 12.8 Å². The molecule has 0 spiro atoms. The van der Waals surface area contributed by atoms with Crippen LogP contribution in [0.1, 0.15) is 47.0 Å². The lowest BCUT2D eigenvalue weighted by Crippen LogP contribution is -2.46. The number of carbonyl (C=O) groups is 3. The molecule has 7 nitrogen and oxygen atoms in total. The Morgan fingerprint density at radius 3 is 2.33 bits per heavy atom. The second kappa shape index (κ2) is 9.17. The molecular formula is C20H29NO6. The molecule has 0 aromatic heterocycles. The summed E-state index contributed by atoms with van der Waals surface area (Å²) in [4.78, 5) is 37.9. The minimum atomic E-state index is -0.554. The highest BCUT2D eigenvalue weighted by atomic mass is 16.6. The van der Waals surface area contributed by atoms with Crippen LogP contribution in [0, 0.1) is 0 Å². The molecule has 27 heavy (non-hydrogen) atoms. The van der Waals surface area contributed by atoms with Crippen molar-refractivity contribution in [3.8, 4) is 0 Å². The molecule has 0 aromatic carbocycles. The van der Waals surface area contributed by atoms with E-state index in [1.54, 1.807) is 6.92 Å². The van der Waals surface area contributed by atoms with Crippen LogP contribution in [0.15, 0.2) is 23.3 Å². The Bertz CT molecular complexity index is 649. The fourth-order valence-electron chi connectivity index (χ4n) is 3.68. The maximum absolute atomic E-state index is 12.2. The minimum Gasteiger partial charge on any atom is -0.463 e. The number of fused-ring (bicyclic) bond motifs is 2. The van der Waals surface area contributed by atoms with Crippen LogP contribution in [0.3, 0.4) is 0 Å². The van der Waals surface area contributed by atoms with Crippen LogP contribution >= 0.6 is 0 Å². The van der Waals surface area contributed by atoms with Gasteiger partial charge < -0.3 is 14.2 Å². The molecule has 2 saturated heterocycles. The summed E-state index contributed by atoms with van der Waals surface area (Å²) < 4.78 is 16.0. The maximum Gasteiger partial charge on any atom is 0.334 e. The highest BCUT2D eigenvalue weighted by Gasteiger charge is 2.47. The normalized spacial score (nSPS) is 27.7. The van der Waals surface area contributed by atoms with E-state index in [9.17, 15) is 14.4 Å². The van der Waals surface area contributed by atoms with Crippen LogP contribution < -0.4 is 0 Å². The van der Waals surface area contributed by atoms with Crippen molar-refractivity contribution in [3.63, 3.8) is 0 Å². The third-order valence-corrected chi connectivity index (χ3v) is 4.96. The average molecular weight is 379 g/mol. The number of hydrogen-bond acceptors (Lipinski definition) is 7. The van der Waals surface area contributed by atoms with E-state index < -0.39 is 11.9 Å². The Balaban J connectivity index is 1.96. The van der Waals surface area contributed by atoms with Crippen LogP contribution in [-0.4, -0.2) is 60.8 Å². The van der Waals surface area contributed by atoms with Crippen molar-refractivity contribution in [3.05, 3.63) is 23.3 Å². The molecule has 4 atom stereocenters. The number of rotatable bonds is 6. The summed E-state index contributed by atoms with van der Waals surface area (Å²) in [5.41, 5.74) is 1.11. The lowest BCUT2D eigenvalue weighted by molar-refractivity contribution is -0.151. The number of piperidine rings is 1. The summed E-state index contributed by atoms with van der Waals surface area (Å²) in [7, 11) is 2.01. The predicted octanol–water partition coefficient (Wildman–Crippen LogP) is 2.15. The summed E-state index contributed by atoms with van der Waals surface area (Å²) in [5, 5.41) is 0. The van der Waals surface area contributed by atoms with Crippen molar-refractivity contribution >= 4 is 17.9 Å². The van der Waals surface area contributed by atoms with Gasteiger partial charge >= 0.3 is 17.9 Å². The fraction of sp³-hybridized carbons (Fsp3) is 0.650. The van der Waals surface area contributed by atoms with Gasteiger partial charge in [0.05, 0.1) is 12.6 Å². The molecule has 150 valence electrons. The van der Waals surface area contributed by atoms with Crippen molar-refractivity contribution in [1.82, 2.24) is 4.90 Å². The number of nitrogens with zero attached hydrogens (tertiary/aromatic N) is 1. The van der Waals surface area contributed by atoms with Crippen molar-refractivity contribution in [2.45, 2.75) is 71.2 Å². The lowest BCUT2D eigenvalue weighted by atomic mass is 10.00. The molecule has 4 unspecified atom stereocenters. The van der Waals surface area contributed by atoms with Crippen LogP contribution in [0.4, 0.5) is 0 Å². The van der Waals surface area contributed by atoms with Crippen molar-refractivity contribution in [1.29, 1.82) is 0 Å². The first-order valence-corrected chi connectivity index (χ1v) is 9.34. The number of allylic oxidation sites excluding steroid dienone is 1. The molecule has 0 aromatic rings. The monoisotopic (exact) mass is 379 g/mol. The molecule has 2 fully saturated rings. The predicted molar refractivity (Wildman–Crippen MR) is 98.8 cm³/mol. The zero-order valence-electron chi connectivity index (χ0n) is 16.7. The third-order valence-electron chi connectivity index (χ3n) is 4.96. The number of hydrogen-bond donors (Lipinski definition) is 0. The van der Waals surface area contributed by atoms with Gasteiger partial charge in [-0.2, -0.15) is 0 Å². The largest absolute Gasteiger partial charge is 0.463 e. The molecule has 2 aliphatic heterocycles. The van der Waals surface area contributed by atoms with Gasteiger partial charge in [0.15, 0.2) is 0 Å². The van der Waals surface area contributed by atoms with Crippen LogP contribution in [-0.2, 0) is 28.6 Å². The minimum absolute atomic E-state index is 0.0189. The van der Waals surface area contributed by atoms with E-state index in [0.717, 1.165) is 18.1 Å². The summed E-state index contributed by atoms with van der Waals surface area (Å²) in [6, 6.07) is 0.214. The molecule has 2 bridgehead atoms. The maximum atomic E-state index is 12.2. The van der Waals surface area contributed by atoms with Gasteiger partial charge in [-0.15, -0.1) is 0 Å². The molecule has 0 N–H and O–H groups in total. The Morgan fingerprint density at radius 1 is 1.00 bits per heavy atom. The second-order valence-electron chi connectivity index (χ2n) is 7.40. The highest BCUT2D eigenvalue weighted by molar-refractivity contribution is 5.95. The average Bonchev–Trinajstić information content (AvgIpc) is 2.73. The van der Waals surface area contributed by atoms with Gasteiger partial charge in [0.2, 0.25) is 0 Å². The van der Waals surface area contributed by atoms with Crippen molar-refractivity contribution in [2.24, 2.45) is 0 Å². The molecule has 7 heteroatoms. The van der Waals surface area contributed by atoms with E-state index >= 15 is 0 Å². The van der Waals surface area contributed by atoms with Crippen LogP contribution in [0.2, 0.25) is 0 Å². The molecule has 0 amide bonds. The van der Waals surface area contributed by atoms with Gasteiger partial charge in [0.1, 0.15) is 12.2 Å². The molecular weight excluding hydrogens is 350 g/mol. The van der Waals surface area contributed by atoms with Gasteiger partial charge in [-0.25, -0.2) is 14.4 Å². The van der Waals surface area contributed by atoms with Gasteiger partial charge in [-0.1, -0.05) is 5.57 Å². The first-order chi connectivity index (χ1) is 12.7. The first kappa shape index (κ1) is 21.2. The molecule has 2 aliphatic rings. The Kier molecular flexibility index (Phi) is 7.18. The van der Waals surface area contributed by atoms with Gasteiger partial charge in [0, 0.05) is 43.0 Å². The van der Waals surface area contributed by atoms with E-state index in [2.05, 4.69) is 4.90 Å². The van der Waals surface area contributed by atoms with Gasteiger partial charge in [-0.3, -0.25) is 4.90 Å². The lowest BCUT2D eigenvalue weighted by Gasteiger charge is -2.36. The van der Waals surface area contributed by atoms with Crippen molar-refractivity contribution < 1.29 is 28.6 Å². The van der Waals surface area contributed by atoms with E-state index in [-0.39, 0.29) is 42.4 Å². The Hall–Kier alpha value is -2.15. The molecule has 0 saturated carbocycles. The van der Waals surface area contributed by atoms with Crippen molar-refractivity contribution in [2.75, 3.05) is 13.7 Å². The number of ether oxygens (including phenoxy) is 3. The molecule has 0 radical (unpaired) electrons. The Labute approximate surface area is 160 Å². The number of esters is 3. The Morgan fingerprint density at radius 2 is 1.70 bits per heavy atom. The van der Waals surface area contributed by atoms with Gasteiger partial charge in [-0.05, 0) is 34.7 Å². The van der Waals surface area contributed by atoms with Crippen LogP contribution in [0.5, 0.6) is 0 Å². The SMILES string of the molecule is CCOC(=O)/C=C(\C)C(=O)OC1CC2CC(OC(=O)C=C(C)C)C(C1)N2C. The third kappa shape index (κ3) is 5.66. The topological polar surface area (TPSA) is 82.1 Å². The molecule has 0 aliphatic carbocycles.